The lowest BCUT2D eigenvalue weighted by Crippen LogP contribution is -2.39. The normalized spacial score (nSPS) is 19.1. The number of fused-ring (bicyclic) bond motifs is 1. The maximum absolute atomic E-state index is 13.3. The molecule has 0 radical (unpaired) electrons. The number of alkyl halides is 3. The molecule has 29 heavy (non-hydrogen) atoms. The highest BCUT2D eigenvalue weighted by molar-refractivity contribution is 5.94. The molecule has 4 rings (SSSR count). The second kappa shape index (κ2) is 7.82. The summed E-state index contributed by atoms with van der Waals surface area (Å²) in [4.78, 5) is 17.0. The number of nitrogens with one attached hydrogen (secondary N) is 1. The number of likely N-dealkylation sites (tertiary alicyclic amines) is 1. The van der Waals surface area contributed by atoms with Gasteiger partial charge in [0.05, 0.1) is 5.56 Å². The minimum Gasteiger partial charge on any atom is -0.337 e. The van der Waals surface area contributed by atoms with Gasteiger partial charge in [0.15, 0.2) is 5.69 Å². The van der Waals surface area contributed by atoms with Gasteiger partial charge in [-0.25, -0.2) is 0 Å². The van der Waals surface area contributed by atoms with Crippen LogP contribution in [0.5, 0.6) is 0 Å². The van der Waals surface area contributed by atoms with E-state index in [0.29, 0.717) is 43.7 Å². The summed E-state index contributed by atoms with van der Waals surface area (Å²) in [7, 11) is 2.03. The van der Waals surface area contributed by atoms with E-state index in [9.17, 15) is 18.0 Å². The van der Waals surface area contributed by atoms with Crippen molar-refractivity contribution in [1.29, 1.82) is 0 Å². The predicted molar refractivity (Wildman–Crippen MR) is 103 cm³/mol. The Morgan fingerprint density at radius 3 is 2.62 bits per heavy atom. The van der Waals surface area contributed by atoms with E-state index in [2.05, 4.69) is 15.1 Å². The Kier molecular flexibility index (Phi) is 5.38. The van der Waals surface area contributed by atoms with E-state index in [1.54, 1.807) is 17.0 Å². The van der Waals surface area contributed by atoms with Crippen LogP contribution in [-0.4, -0.2) is 52.6 Å². The van der Waals surface area contributed by atoms with Crippen LogP contribution in [0.3, 0.4) is 0 Å². The summed E-state index contributed by atoms with van der Waals surface area (Å²) in [6.07, 6.45) is -1.43. The van der Waals surface area contributed by atoms with E-state index in [1.807, 2.05) is 7.05 Å². The summed E-state index contributed by atoms with van der Waals surface area (Å²) < 4.78 is 40.0. The van der Waals surface area contributed by atoms with Gasteiger partial charge in [0, 0.05) is 30.9 Å². The molecule has 2 aliphatic heterocycles. The molecule has 2 aliphatic rings. The van der Waals surface area contributed by atoms with Crippen molar-refractivity contribution in [2.45, 2.75) is 44.3 Å². The molecule has 1 saturated heterocycles. The molecule has 0 unspecified atom stereocenters. The number of piperidine rings is 1. The Morgan fingerprint density at radius 2 is 1.90 bits per heavy atom. The summed E-state index contributed by atoms with van der Waals surface area (Å²) >= 11 is 0. The van der Waals surface area contributed by atoms with Crippen molar-refractivity contribution in [3.05, 3.63) is 52.3 Å². The first kappa shape index (κ1) is 19.9. The zero-order valence-electron chi connectivity index (χ0n) is 16.4. The van der Waals surface area contributed by atoms with E-state index >= 15 is 0 Å². The number of carbonyl (C=O) groups is 1. The van der Waals surface area contributed by atoms with Gasteiger partial charge < -0.3 is 9.80 Å². The van der Waals surface area contributed by atoms with Crippen LogP contribution >= 0.6 is 0 Å². The van der Waals surface area contributed by atoms with Crippen LogP contribution in [0.2, 0.25) is 0 Å². The summed E-state index contributed by atoms with van der Waals surface area (Å²) in [5.41, 5.74) is 2.21. The quantitative estimate of drug-likeness (QED) is 0.825. The number of carbonyl (C=O) groups excluding carboxylic acids is 1. The number of hydrogen-bond donors (Lipinski definition) is 1. The van der Waals surface area contributed by atoms with Crippen molar-refractivity contribution in [3.63, 3.8) is 0 Å². The van der Waals surface area contributed by atoms with Crippen LogP contribution in [-0.2, 0) is 19.1 Å². The van der Waals surface area contributed by atoms with E-state index in [-0.39, 0.29) is 11.8 Å². The molecule has 1 fully saturated rings. The SMILES string of the molecule is CN1CCCc2[nH]nc(C(=O)N3CCC(c4ccccc4C(F)(F)F)CC3)c2C1. The first-order valence-corrected chi connectivity index (χ1v) is 10.0. The van der Waals surface area contributed by atoms with Crippen molar-refractivity contribution in [2.75, 3.05) is 26.7 Å². The molecule has 0 spiro atoms. The Morgan fingerprint density at radius 1 is 1.17 bits per heavy atom. The smallest absolute Gasteiger partial charge is 0.337 e. The monoisotopic (exact) mass is 406 g/mol. The maximum Gasteiger partial charge on any atom is 0.416 e. The number of aryl methyl sites for hydroxylation is 1. The van der Waals surface area contributed by atoms with Crippen LogP contribution in [0.15, 0.2) is 24.3 Å². The molecule has 1 aromatic carbocycles. The summed E-state index contributed by atoms with van der Waals surface area (Å²) in [5.74, 6) is -0.320. The fraction of sp³-hybridized carbons (Fsp3) is 0.524. The maximum atomic E-state index is 13.3. The zero-order chi connectivity index (χ0) is 20.6. The molecule has 0 saturated carbocycles. The number of aromatic nitrogens is 2. The zero-order valence-corrected chi connectivity index (χ0v) is 16.4. The molecule has 3 heterocycles. The number of benzene rings is 1. The van der Waals surface area contributed by atoms with Crippen LogP contribution in [0, 0.1) is 0 Å². The molecule has 8 heteroatoms. The largest absolute Gasteiger partial charge is 0.416 e. The Bertz CT molecular complexity index is 884. The van der Waals surface area contributed by atoms with E-state index < -0.39 is 11.7 Å². The van der Waals surface area contributed by atoms with Gasteiger partial charge in [-0.3, -0.25) is 9.89 Å². The molecule has 1 aromatic heterocycles. The lowest BCUT2D eigenvalue weighted by atomic mass is 9.86. The number of rotatable bonds is 2. The van der Waals surface area contributed by atoms with Crippen molar-refractivity contribution >= 4 is 5.91 Å². The van der Waals surface area contributed by atoms with Crippen LogP contribution in [0.4, 0.5) is 13.2 Å². The van der Waals surface area contributed by atoms with Gasteiger partial charge in [-0.05, 0) is 56.8 Å². The molecule has 0 aliphatic carbocycles. The van der Waals surface area contributed by atoms with Gasteiger partial charge in [0.2, 0.25) is 0 Å². The standard InChI is InChI=1S/C21H25F3N4O/c1-27-10-4-7-18-16(13-27)19(26-25-18)20(29)28-11-8-14(9-12-28)15-5-2-3-6-17(15)21(22,23)24/h2-3,5-6,14H,4,7-13H2,1H3,(H,25,26). The Hall–Kier alpha value is -2.35. The number of H-pyrrole nitrogens is 1. The molecule has 5 nitrogen and oxygen atoms in total. The fourth-order valence-corrected chi connectivity index (χ4v) is 4.48. The summed E-state index contributed by atoms with van der Waals surface area (Å²) in [6.45, 7) is 2.53. The van der Waals surface area contributed by atoms with Gasteiger partial charge in [0.25, 0.3) is 5.91 Å². The van der Waals surface area contributed by atoms with Crippen molar-refractivity contribution in [1.82, 2.24) is 20.0 Å². The lowest BCUT2D eigenvalue weighted by Gasteiger charge is -2.33. The topological polar surface area (TPSA) is 52.2 Å². The van der Waals surface area contributed by atoms with E-state index in [1.165, 1.54) is 6.07 Å². The first-order chi connectivity index (χ1) is 13.8. The van der Waals surface area contributed by atoms with E-state index in [4.69, 9.17) is 0 Å². The highest BCUT2D eigenvalue weighted by Crippen LogP contribution is 2.38. The van der Waals surface area contributed by atoms with Crippen molar-refractivity contribution in [3.8, 4) is 0 Å². The molecule has 156 valence electrons. The van der Waals surface area contributed by atoms with E-state index in [0.717, 1.165) is 36.7 Å². The van der Waals surface area contributed by atoms with Gasteiger partial charge in [-0.1, -0.05) is 18.2 Å². The third-order valence-electron chi connectivity index (χ3n) is 6.04. The third kappa shape index (κ3) is 4.03. The number of halogens is 3. The molecule has 1 amide bonds. The van der Waals surface area contributed by atoms with Crippen LogP contribution in [0.25, 0.3) is 0 Å². The van der Waals surface area contributed by atoms with Gasteiger partial charge in [-0.15, -0.1) is 0 Å². The van der Waals surface area contributed by atoms with Crippen molar-refractivity contribution < 1.29 is 18.0 Å². The Balaban J connectivity index is 1.48. The minimum absolute atomic E-state index is 0.125. The average Bonchev–Trinajstić information content (AvgIpc) is 2.99. The predicted octanol–water partition coefficient (Wildman–Crippen LogP) is 3.83. The number of nitrogens with zero attached hydrogens (tertiary/aromatic N) is 3. The Labute approximate surface area is 167 Å². The minimum atomic E-state index is -4.36. The number of hydrogen-bond acceptors (Lipinski definition) is 3. The fourth-order valence-electron chi connectivity index (χ4n) is 4.48. The third-order valence-corrected chi connectivity index (χ3v) is 6.04. The second-order valence-corrected chi connectivity index (χ2v) is 8.02. The van der Waals surface area contributed by atoms with Crippen LogP contribution in [0.1, 0.15) is 58.1 Å². The first-order valence-electron chi connectivity index (χ1n) is 10.0. The van der Waals surface area contributed by atoms with Gasteiger partial charge >= 0.3 is 6.18 Å². The number of aromatic amines is 1. The van der Waals surface area contributed by atoms with Gasteiger partial charge in [0.1, 0.15) is 0 Å². The van der Waals surface area contributed by atoms with Crippen LogP contribution < -0.4 is 0 Å². The summed E-state index contributed by atoms with van der Waals surface area (Å²) in [6, 6.07) is 5.78. The lowest BCUT2D eigenvalue weighted by molar-refractivity contribution is -0.138. The van der Waals surface area contributed by atoms with Crippen molar-refractivity contribution in [2.24, 2.45) is 0 Å². The molecule has 1 N–H and O–H groups in total. The molecule has 2 aromatic rings. The average molecular weight is 406 g/mol. The summed E-state index contributed by atoms with van der Waals surface area (Å²) in [5, 5.41) is 7.30. The molecular formula is C21H25F3N4O. The van der Waals surface area contributed by atoms with Gasteiger partial charge in [-0.2, -0.15) is 18.3 Å². The number of amides is 1. The second-order valence-electron chi connectivity index (χ2n) is 8.02. The molecule has 0 bridgehead atoms. The highest BCUT2D eigenvalue weighted by atomic mass is 19.4. The molecular weight excluding hydrogens is 381 g/mol. The molecule has 0 atom stereocenters. The highest BCUT2D eigenvalue weighted by Gasteiger charge is 2.36.